The number of imidazole rings is 1. The van der Waals surface area contributed by atoms with Crippen molar-refractivity contribution >= 4 is 23.1 Å². The Morgan fingerprint density at radius 2 is 1.78 bits per heavy atom. The molecule has 9 heteroatoms. The van der Waals surface area contributed by atoms with E-state index in [9.17, 15) is 14.7 Å². The number of amides is 1. The van der Waals surface area contributed by atoms with Gasteiger partial charge in [0.2, 0.25) is 0 Å². The second-order valence-electron chi connectivity index (χ2n) is 10.3. The molecule has 9 nitrogen and oxygen atoms in total. The Morgan fingerprint density at radius 1 is 1.02 bits per heavy atom. The number of ether oxygens (including phenoxy) is 2. The van der Waals surface area contributed by atoms with Gasteiger partial charge in [0.25, 0.3) is 11.7 Å². The molecule has 0 bridgehead atoms. The number of hydrogen-bond acceptors (Lipinski definition) is 7. The van der Waals surface area contributed by atoms with Gasteiger partial charge in [-0.15, -0.1) is 0 Å². The van der Waals surface area contributed by atoms with Gasteiger partial charge in [-0.05, 0) is 69.4 Å². The maximum Gasteiger partial charge on any atom is 0.295 e. The highest BCUT2D eigenvalue weighted by atomic mass is 16.5. The number of ketones is 1. The zero-order chi connectivity index (χ0) is 29.1. The van der Waals surface area contributed by atoms with Crippen LogP contribution >= 0.6 is 0 Å². The van der Waals surface area contributed by atoms with E-state index in [4.69, 9.17) is 9.47 Å². The number of aryl methyl sites for hydroxylation is 1. The molecule has 0 aliphatic carbocycles. The molecule has 3 heterocycles. The van der Waals surface area contributed by atoms with Crippen LogP contribution in [0.5, 0.6) is 11.5 Å². The van der Waals surface area contributed by atoms with Crippen LogP contribution in [0.2, 0.25) is 0 Å². The van der Waals surface area contributed by atoms with Crippen molar-refractivity contribution in [1.82, 2.24) is 19.2 Å². The first-order valence-corrected chi connectivity index (χ1v) is 13.5. The van der Waals surface area contributed by atoms with Crippen LogP contribution < -0.4 is 9.47 Å². The van der Waals surface area contributed by atoms with E-state index in [-0.39, 0.29) is 11.3 Å². The third kappa shape index (κ3) is 5.53. The number of rotatable bonds is 10. The number of nitrogens with zero attached hydrogens (tertiary/aromatic N) is 4. The molecule has 41 heavy (non-hydrogen) atoms. The number of benzene rings is 2. The average Bonchev–Trinajstić information content (AvgIpc) is 3.44. The predicted octanol–water partition coefficient (Wildman–Crippen LogP) is 4.60. The van der Waals surface area contributed by atoms with E-state index in [1.54, 1.807) is 36.8 Å². The normalized spacial score (nSPS) is 16.6. The third-order valence-electron chi connectivity index (χ3n) is 7.21. The zero-order valence-electron chi connectivity index (χ0n) is 23.7. The summed E-state index contributed by atoms with van der Waals surface area (Å²) < 4.78 is 13.4. The van der Waals surface area contributed by atoms with Gasteiger partial charge in [-0.3, -0.25) is 14.0 Å². The van der Waals surface area contributed by atoms with E-state index >= 15 is 0 Å². The Morgan fingerprint density at radius 3 is 2.51 bits per heavy atom. The van der Waals surface area contributed by atoms with Crippen LogP contribution in [0.25, 0.3) is 11.4 Å². The number of aliphatic hydroxyl groups is 1. The number of likely N-dealkylation sites (tertiary alicyclic amines) is 1. The Labute approximate surface area is 239 Å². The molecule has 1 fully saturated rings. The number of pyridine rings is 1. The first-order valence-electron chi connectivity index (χ1n) is 13.5. The second-order valence-corrected chi connectivity index (χ2v) is 10.3. The Bertz CT molecular complexity index is 1610. The Balaban J connectivity index is 1.59. The third-order valence-corrected chi connectivity index (χ3v) is 7.21. The van der Waals surface area contributed by atoms with Gasteiger partial charge in [0, 0.05) is 12.7 Å². The molecule has 5 rings (SSSR count). The van der Waals surface area contributed by atoms with Gasteiger partial charge in [-0.25, -0.2) is 4.98 Å². The molecule has 212 valence electrons. The molecule has 1 atom stereocenters. The number of aliphatic hydroxyl groups excluding tert-OH is 1. The van der Waals surface area contributed by atoms with E-state index in [0.717, 1.165) is 12.1 Å². The molecule has 1 saturated heterocycles. The van der Waals surface area contributed by atoms with Crippen molar-refractivity contribution in [3.05, 3.63) is 101 Å². The van der Waals surface area contributed by atoms with Crippen molar-refractivity contribution in [1.29, 1.82) is 0 Å². The molecule has 1 aliphatic heterocycles. The van der Waals surface area contributed by atoms with E-state index in [0.29, 0.717) is 53.7 Å². The van der Waals surface area contributed by atoms with Crippen molar-refractivity contribution < 1.29 is 24.2 Å². The van der Waals surface area contributed by atoms with E-state index < -0.39 is 17.7 Å². The van der Waals surface area contributed by atoms with E-state index in [1.807, 2.05) is 73.6 Å². The van der Waals surface area contributed by atoms with Crippen LogP contribution in [-0.4, -0.2) is 70.3 Å². The first-order chi connectivity index (χ1) is 19.8. The first kappa shape index (κ1) is 27.9. The highest BCUT2D eigenvalue weighted by molar-refractivity contribution is 6.46. The van der Waals surface area contributed by atoms with Crippen LogP contribution in [-0.2, 0) is 16.2 Å². The molecule has 0 saturated carbocycles. The monoisotopic (exact) mass is 554 g/mol. The van der Waals surface area contributed by atoms with E-state index in [1.165, 1.54) is 4.90 Å². The van der Waals surface area contributed by atoms with Gasteiger partial charge in [0.15, 0.2) is 17.3 Å². The maximum atomic E-state index is 13.6. The van der Waals surface area contributed by atoms with Gasteiger partial charge in [0.05, 0.1) is 24.4 Å². The van der Waals surface area contributed by atoms with Gasteiger partial charge >= 0.3 is 0 Å². The fourth-order valence-electron chi connectivity index (χ4n) is 5.25. The summed E-state index contributed by atoms with van der Waals surface area (Å²) in [4.78, 5) is 35.1. The Kier molecular flexibility index (Phi) is 8.07. The summed E-state index contributed by atoms with van der Waals surface area (Å²) in [5.74, 6) is -0.648. The zero-order valence-corrected chi connectivity index (χ0v) is 23.7. The lowest BCUT2D eigenvalue weighted by atomic mass is 9.95. The van der Waals surface area contributed by atoms with Crippen LogP contribution in [0.15, 0.2) is 78.5 Å². The molecule has 2 aromatic heterocycles. The summed E-state index contributed by atoms with van der Waals surface area (Å²) in [7, 11) is 5.46. The molecule has 1 N–H and O–H groups in total. The molecule has 0 radical (unpaired) electrons. The van der Waals surface area contributed by atoms with Gasteiger partial charge in [0.1, 0.15) is 17.9 Å². The largest absolute Gasteiger partial charge is 0.505 e. The molecule has 4 aromatic rings. The number of methoxy groups -OCH3 is 1. The minimum atomic E-state index is -0.817. The predicted molar refractivity (Wildman–Crippen MR) is 156 cm³/mol. The minimum Gasteiger partial charge on any atom is -0.505 e. The number of hydrogen-bond donors (Lipinski definition) is 1. The van der Waals surface area contributed by atoms with Crippen LogP contribution in [0, 0.1) is 6.92 Å². The average molecular weight is 555 g/mol. The minimum absolute atomic E-state index is 0.0219. The lowest BCUT2D eigenvalue weighted by Gasteiger charge is -2.26. The van der Waals surface area contributed by atoms with Crippen molar-refractivity contribution in [3.8, 4) is 11.5 Å². The summed E-state index contributed by atoms with van der Waals surface area (Å²) in [6, 6.07) is 19.8. The highest BCUT2D eigenvalue weighted by Gasteiger charge is 2.46. The summed E-state index contributed by atoms with van der Waals surface area (Å²) in [5.41, 5.74) is 3.22. The molecule has 2 aromatic carbocycles. The molecule has 1 amide bonds. The number of aromatic nitrogens is 2. The van der Waals surface area contributed by atoms with Crippen molar-refractivity contribution in [2.24, 2.45) is 0 Å². The molecular formula is C32H34N4O5. The number of carbonyl (C=O) groups is 2. The van der Waals surface area contributed by atoms with Gasteiger partial charge in [-0.1, -0.05) is 42.5 Å². The summed E-state index contributed by atoms with van der Waals surface area (Å²) in [6.07, 6.45) is 2.43. The smallest absolute Gasteiger partial charge is 0.295 e. The molecule has 0 spiro atoms. The van der Waals surface area contributed by atoms with Crippen LogP contribution in [0.4, 0.5) is 0 Å². The quantitative estimate of drug-likeness (QED) is 0.174. The number of carbonyl (C=O) groups excluding carboxylic acids is 2. The molecule has 1 aliphatic rings. The van der Waals surface area contributed by atoms with E-state index in [2.05, 4.69) is 4.98 Å². The standard InChI is InChI=1S/C32H34N4O5/c1-21-28(35-17-9-8-13-26(35)33-21)30(37)27-29(36(32(39)31(27)38)18-10-16-34(2)3)23-14-15-24(25(19-23)40-4)41-20-22-11-6-5-7-12-22/h5-9,11-15,17,19,29,37H,10,16,18,20H2,1-4H3/b30-27+. The highest BCUT2D eigenvalue weighted by Crippen LogP contribution is 2.42. The summed E-state index contributed by atoms with van der Waals surface area (Å²) >= 11 is 0. The van der Waals surface area contributed by atoms with Crippen molar-refractivity contribution in [3.63, 3.8) is 0 Å². The van der Waals surface area contributed by atoms with Gasteiger partial charge < -0.3 is 24.4 Å². The fourth-order valence-corrected chi connectivity index (χ4v) is 5.25. The maximum absolute atomic E-state index is 13.6. The lowest BCUT2D eigenvalue weighted by Crippen LogP contribution is -2.32. The molecule has 1 unspecified atom stereocenters. The van der Waals surface area contributed by atoms with Crippen molar-refractivity contribution in [2.75, 3.05) is 34.3 Å². The fraction of sp³-hybridized carbons (Fsp3) is 0.281. The van der Waals surface area contributed by atoms with Crippen LogP contribution in [0.3, 0.4) is 0 Å². The van der Waals surface area contributed by atoms with Gasteiger partial charge in [-0.2, -0.15) is 0 Å². The van der Waals surface area contributed by atoms with Crippen LogP contribution in [0.1, 0.15) is 35.0 Å². The topological polar surface area (TPSA) is 96.6 Å². The second kappa shape index (κ2) is 11.9. The number of Topliss-reactive ketones (excluding diaryl/α,β-unsaturated/α-hetero) is 1. The SMILES string of the molecule is COc1cc(C2/C(=C(\O)c3c(C)nc4ccccn34)C(=O)C(=O)N2CCCN(C)C)ccc1OCc1ccccc1. The lowest BCUT2D eigenvalue weighted by molar-refractivity contribution is -0.139. The summed E-state index contributed by atoms with van der Waals surface area (Å²) in [5, 5.41) is 11.7. The van der Waals surface area contributed by atoms with Crippen molar-refractivity contribution in [2.45, 2.75) is 26.0 Å². The number of fused-ring (bicyclic) bond motifs is 1. The Hall–Kier alpha value is -4.63. The summed E-state index contributed by atoms with van der Waals surface area (Å²) in [6.45, 7) is 3.20. The molecular weight excluding hydrogens is 520 g/mol.